The standard InChI is InChI=1S/C8H11N3/c9-8(1-2-8)3-7-4-10-6-11-5-7/h4-6H,1-3,9H2. The highest BCUT2D eigenvalue weighted by molar-refractivity contribution is 5.13. The second-order valence-electron chi connectivity index (χ2n) is 3.29. The summed E-state index contributed by atoms with van der Waals surface area (Å²) in [6, 6.07) is 0. The minimum Gasteiger partial charge on any atom is -0.325 e. The van der Waals surface area contributed by atoms with Gasteiger partial charge in [-0.05, 0) is 24.8 Å². The van der Waals surface area contributed by atoms with Crippen molar-refractivity contribution in [1.82, 2.24) is 9.97 Å². The van der Waals surface area contributed by atoms with Crippen molar-refractivity contribution >= 4 is 0 Å². The third-order valence-electron chi connectivity index (χ3n) is 2.06. The summed E-state index contributed by atoms with van der Waals surface area (Å²) in [5.74, 6) is 0. The Balaban J connectivity index is 2.07. The number of aromatic nitrogens is 2. The largest absolute Gasteiger partial charge is 0.325 e. The first-order valence-electron chi connectivity index (χ1n) is 3.81. The number of nitrogens with zero attached hydrogens (tertiary/aromatic N) is 2. The fraction of sp³-hybridized carbons (Fsp3) is 0.500. The van der Waals surface area contributed by atoms with Crippen LogP contribution in [-0.2, 0) is 6.42 Å². The zero-order valence-electron chi connectivity index (χ0n) is 6.33. The van der Waals surface area contributed by atoms with Crippen LogP contribution in [0.3, 0.4) is 0 Å². The topological polar surface area (TPSA) is 51.8 Å². The van der Waals surface area contributed by atoms with Crippen molar-refractivity contribution in [1.29, 1.82) is 0 Å². The van der Waals surface area contributed by atoms with Gasteiger partial charge < -0.3 is 5.73 Å². The fourth-order valence-corrected chi connectivity index (χ4v) is 1.17. The van der Waals surface area contributed by atoms with E-state index in [1.165, 1.54) is 0 Å². The molecule has 0 unspecified atom stereocenters. The van der Waals surface area contributed by atoms with Gasteiger partial charge in [0.2, 0.25) is 0 Å². The average Bonchev–Trinajstić information content (AvgIpc) is 2.70. The summed E-state index contributed by atoms with van der Waals surface area (Å²) in [6.07, 6.45) is 8.41. The lowest BCUT2D eigenvalue weighted by molar-refractivity contribution is 0.668. The minimum absolute atomic E-state index is 0.0741. The van der Waals surface area contributed by atoms with E-state index in [1.807, 2.05) is 12.4 Å². The molecule has 1 aromatic rings. The lowest BCUT2D eigenvalue weighted by atomic mass is 10.1. The minimum atomic E-state index is 0.0741. The summed E-state index contributed by atoms with van der Waals surface area (Å²) in [5.41, 5.74) is 7.14. The number of hydrogen-bond acceptors (Lipinski definition) is 3. The van der Waals surface area contributed by atoms with Gasteiger partial charge in [0.1, 0.15) is 6.33 Å². The Morgan fingerprint density at radius 2 is 2.00 bits per heavy atom. The van der Waals surface area contributed by atoms with E-state index in [2.05, 4.69) is 9.97 Å². The first-order valence-corrected chi connectivity index (χ1v) is 3.81. The highest BCUT2D eigenvalue weighted by Crippen LogP contribution is 2.35. The van der Waals surface area contributed by atoms with Crippen LogP contribution >= 0.6 is 0 Å². The average molecular weight is 149 g/mol. The summed E-state index contributed by atoms with van der Waals surface area (Å²) in [4.78, 5) is 7.86. The third-order valence-corrected chi connectivity index (χ3v) is 2.06. The van der Waals surface area contributed by atoms with E-state index in [1.54, 1.807) is 6.33 Å². The molecule has 1 aromatic heterocycles. The maximum absolute atomic E-state index is 5.92. The molecule has 0 saturated heterocycles. The van der Waals surface area contributed by atoms with Crippen molar-refractivity contribution in [3.63, 3.8) is 0 Å². The van der Waals surface area contributed by atoms with E-state index >= 15 is 0 Å². The van der Waals surface area contributed by atoms with Gasteiger partial charge in [-0.3, -0.25) is 0 Å². The van der Waals surface area contributed by atoms with Crippen molar-refractivity contribution in [2.75, 3.05) is 0 Å². The normalized spacial score (nSPS) is 19.7. The second-order valence-corrected chi connectivity index (χ2v) is 3.29. The molecule has 0 amide bonds. The fourth-order valence-electron chi connectivity index (χ4n) is 1.17. The van der Waals surface area contributed by atoms with Gasteiger partial charge >= 0.3 is 0 Å². The van der Waals surface area contributed by atoms with E-state index < -0.39 is 0 Å². The molecule has 0 bridgehead atoms. The summed E-state index contributed by atoms with van der Waals surface area (Å²) in [6.45, 7) is 0. The molecular weight excluding hydrogens is 138 g/mol. The molecule has 0 radical (unpaired) electrons. The highest BCUT2D eigenvalue weighted by atomic mass is 14.8. The van der Waals surface area contributed by atoms with Crippen LogP contribution in [0.2, 0.25) is 0 Å². The van der Waals surface area contributed by atoms with Crippen LogP contribution in [0.1, 0.15) is 18.4 Å². The molecule has 1 aliphatic carbocycles. The molecule has 1 fully saturated rings. The molecule has 2 N–H and O–H groups in total. The van der Waals surface area contributed by atoms with Crippen molar-refractivity contribution in [2.45, 2.75) is 24.8 Å². The SMILES string of the molecule is NC1(Cc2cncnc2)CC1. The highest BCUT2D eigenvalue weighted by Gasteiger charge is 2.37. The summed E-state index contributed by atoms with van der Waals surface area (Å²) in [7, 11) is 0. The molecular formula is C8H11N3. The Bertz CT molecular complexity index is 241. The number of nitrogens with two attached hydrogens (primary N) is 1. The maximum atomic E-state index is 5.92. The van der Waals surface area contributed by atoms with E-state index in [0.717, 1.165) is 24.8 Å². The smallest absolute Gasteiger partial charge is 0.115 e. The molecule has 11 heavy (non-hydrogen) atoms. The van der Waals surface area contributed by atoms with E-state index in [9.17, 15) is 0 Å². The van der Waals surface area contributed by atoms with Gasteiger partial charge in [0.05, 0.1) is 0 Å². The van der Waals surface area contributed by atoms with Gasteiger partial charge in [-0.1, -0.05) is 0 Å². The molecule has 0 atom stereocenters. The van der Waals surface area contributed by atoms with E-state index in [0.29, 0.717) is 0 Å². The van der Waals surface area contributed by atoms with Crippen LogP contribution in [-0.4, -0.2) is 15.5 Å². The number of rotatable bonds is 2. The van der Waals surface area contributed by atoms with Gasteiger partial charge in [-0.25, -0.2) is 9.97 Å². The summed E-state index contributed by atoms with van der Waals surface area (Å²) >= 11 is 0. The molecule has 3 heteroatoms. The van der Waals surface area contributed by atoms with Gasteiger partial charge in [-0.2, -0.15) is 0 Å². The van der Waals surface area contributed by atoms with Crippen LogP contribution < -0.4 is 5.73 Å². The Morgan fingerprint density at radius 1 is 1.36 bits per heavy atom. The van der Waals surface area contributed by atoms with Gasteiger partial charge in [0, 0.05) is 17.9 Å². The van der Waals surface area contributed by atoms with Crippen LogP contribution in [0.15, 0.2) is 18.7 Å². The number of hydrogen-bond donors (Lipinski definition) is 1. The predicted octanol–water partition coefficient (Wildman–Crippen LogP) is 0.510. The molecule has 1 aliphatic rings. The molecule has 0 spiro atoms. The van der Waals surface area contributed by atoms with Gasteiger partial charge in [-0.15, -0.1) is 0 Å². The van der Waals surface area contributed by atoms with Crippen molar-refractivity contribution in [2.24, 2.45) is 5.73 Å². The van der Waals surface area contributed by atoms with Crippen LogP contribution in [0, 0.1) is 0 Å². The molecule has 1 saturated carbocycles. The Hall–Kier alpha value is -0.960. The van der Waals surface area contributed by atoms with E-state index in [-0.39, 0.29) is 5.54 Å². The predicted molar refractivity (Wildman–Crippen MR) is 41.9 cm³/mol. The Labute approximate surface area is 65.7 Å². The molecule has 2 rings (SSSR count). The molecule has 0 aromatic carbocycles. The van der Waals surface area contributed by atoms with Crippen molar-refractivity contribution < 1.29 is 0 Å². The molecule has 3 nitrogen and oxygen atoms in total. The maximum Gasteiger partial charge on any atom is 0.115 e. The second kappa shape index (κ2) is 2.27. The quantitative estimate of drug-likeness (QED) is 0.666. The van der Waals surface area contributed by atoms with Gasteiger partial charge in [0.25, 0.3) is 0 Å². The molecule has 58 valence electrons. The molecule has 0 aliphatic heterocycles. The zero-order chi connectivity index (χ0) is 7.73. The summed E-state index contributed by atoms with van der Waals surface area (Å²) in [5, 5.41) is 0. The lowest BCUT2D eigenvalue weighted by Gasteiger charge is -2.05. The molecule has 1 heterocycles. The first kappa shape index (κ1) is 6.73. The summed E-state index contributed by atoms with van der Waals surface area (Å²) < 4.78 is 0. The van der Waals surface area contributed by atoms with Gasteiger partial charge in [0.15, 0.2) is 0 Å². The van der Waals surface area contributed by atoms with Crippen molar-refractivity contribution in [3.8, 4) is 0 Å². The third kappa shape index (κ3) is 1.54. The van der Waals surface area contributed by atoms with Crippen LogP contribution in [0.25, 0.3) is 0 Å². The lowest BCUT2D eigenvalue weighted by Crippen LogP contribution is -2.24. The Morgan fingerprint density at radius 3 is 2.55 bits per heavy atom. The first-order chi connectivity index (χ1) is 5.29. The zero-order valence-corrected chi connectivity index (χ0v) is 6.33. The Kier molecular flexibility index (Phi) is 1.39. The van der Waals surface area contributed by atoms with E-state index in [4.69, 9.17) is 5.73 Å². The monoisotopic (exact) mass is 149 g/mol. The van der Waals surface area contributed by atoms with Crippen LogP contribution in [0.5, 0.6) is 0 Å². The van der Waals surface area contributed by atoms with Crippen LogP contribution in [0.4, 0.5) is 0 Å². The van der Waals surface area contributed by atoms with Crippen molar-refractivity contribution in [3.05, 3.63) is 24.3 Å².